The van der Waals surface area contributed by atoms with Gasteiger partial charge in [-0.1, -0.05) is 89.9 Å². The summed E-state index contributed by atoms with van der Waals surface area (Å²) < 4.78 is 34.5. The number of ether oxygens (including phenoxy) is 1. The van der Waals surface area contributed by atoms with Crippen molar-refractivity contribution in [3.8, 4) is 5.75 Å². The molecule has 0 radical (unpaired) electrons. The average Bonchev–Trinajstić information content (AvgIpc) is 3.03. The van der Waals surface area contributed by atoms with Crippen LogP contribution in [0.3, 0.4) is 0 Å². The number of carbonyl (C=O) groups excluding carboxylic acids is 2. The SMILES string of the molecule is COc1cccc(CN(C(=O)CN(c2cccc(Cl)c2Cl)S(=O)(=O)c2ccccc2)[C@H](Cc2ccccc2)C(=O)NC(C)C)c1. The van der Waals surface area contributed by atoms with Crippen molar-refractivity contribution in [2.75, 3.05) is 18.0 Å². The topological polar surface area (TPSA) is 96.0 Å². The fraction of sp³-hybridized carbons (Fsp3) is 0.235. The molecule has 0 saturated heterocycles. The lowest BCUT2D eigenvalue weighted by Crippen LogP contribution is -2.54. The van der Waals surface area contributed by atoms with Gasteiger partial charge in [-0.3, -0.25) is 13.9 Å². The Bertz CT molecular complexity index is 1720. The Morgan fingerprint density at radius 2 is 1.47 bits per heavy atom. The third kappa shape index (κ3) is 8.57. The summed E-state index contributed by atoms with van der Waals surface area (Å²) in [5, 5.41) is 3.04. The molecule has 236 valence electrons. The van der Waals surface area contributed by atoms with Gasteiger partial charge in [0.2, 0.25) is 11.8 Å². The Labute approximate surface area is 274 Å². The number of rotatable bonds is 13. The fourth-order valence-electron chi connectivity index (χ4n) is 4.82. The van der Waals surface area contributed by atoms with E-state index >= 15 is 0 Å². The van der Waals surface area contributed by atoms with E-state index in [-0.39, 0.29) is 45.5 Å². The summed E-state index contributed by atoms with van der Waals surface area (Å²) in [4.78, 5) is 29.7. The number of benzene rings is 4. The monoisotopic (exact) mass is 667 g/mol. The zero-order chi connectivity index (χ0) is 32.6. The first-order valence-electron chi connectivity index (χ1n) is 14.3. The molecule has 8 nitrogen and oxygen atoms in total. The second-order valence-corrected chi connectivity index (χ2v) is 13.3. The van der Waals surface area contributed by atoms with Crippen LogP contribution in [-0.2, 0) is 32.6 Å². The minimum Gasteiger partial charge on any atom is -0.497 e. The van der Waals surface area contributed by atoms with E-state index in [1.807, 2.05) is 50.2 Å². The lowest BCUT2D eigenvalue weighted by atomic mass is 10.0. The van der Waals surface area contributed by atoms with Crippen LogP contribution >= 0.6 is 23.2 Å². The minimum absolute atomic E-state index is 0.00154. The Balaban J connectivity index is 1.84. The first kappa shape index (κ1) is 33.8. The maximum atomic E-state index is 14.5. The third-order valence-electron chi connectivity index (χ3n) is 7.00. The molecular formula is C34H35Cl2N3O5S. The normalized spacial score (nSPS) is 12.0. The fourth-order valence-corrected chi connectivity index (χ4v) is 6.71. The number of sulfonamides is 1. The van der Waals surface area contributed by atoms with Gasteiger partial charge in [0, 0.05) is 19.0 Å². The van der Waals surface area contributed by atoms with Crippen LogP contribution in [0.15, 0.2) is 108 Å². The molecule has 11 heteroatoms. The van der Waals surface area contributed by atoms with E-state index < -0.39 is 28.5 Å². The van der Waals surface area contributed by atoms with E-state index in [4.69, 9.17) is 27.9 Å². The van der Waals surface area contributed by atoms with Crippen LogP contribution in [0.1, 0.15) is 25.0 Å². The van der Waals surface area contributed by atoms with Crippen LogP contribution in [0.5, 0.6) is 5.75 Å². The molecule has 0 spiro atoms. The Hall–Kier alpha value is -4.05. The van der Waals surface area contributed by atoms with Crippen LogP contribution in [0.25, 0.3) is 0 Å². The summed E-state index contributed by atoms with van der Waals surface area (Å²) in [6.45, 7) is 3.02. The standard InChI is InChI=1S/C34H35Cl2N3O5S/c1-24(2)37-34(41)31(21-25-12-6-4-7-13-25)38(22-26-14-10-15-27(20-26)44-3)32(40)23-39(30-19-11-18-29(35)33(30)36)45(42,43)28-16-8-5-9-17-28/h4-20,24,31H,21-23H2,1-3H3,(H,37,41)/t31-/m1/s1. The van der Waals surface area contributed by atoms with Gasteiger partial charge in [0.15, 0.2) is 0 Å². The number of hydrogen-bond donors (Lipinski definition) is 1. The molecule has 1 atom stereocenters. The van der Waals surface area contributed by atoms with Crippen molar-refractivity contribution in [1.29, 1.82) is 0 Å². The molecule has 0 heterocycles. The van der Waals surface area contributed by atoms with E-state index in [1.54, 1.807) is 42.5 Å². The molecule has 0 unspecified atom stereocenters. The lowest BCUT2D eigenvalue weighted by molar-refractivity contribution is -0.140. The highest BCUT2D eigenvalue weighted by Crippen LogP contribution is 2.35. The van der Waals surface area contributed by atoms with Crippen molar-refractivity contribution >= 4 is 50.7 Å². The van der Waals surface area contributed by atoms with Crippen molar-refractivity contribution < 1.29 is 22.7 Å². The summed E-state index contributed by atoms with van der Waals surface area (Å²) in [7, 11) is -2.77. The van der Waals surface area contributed by atoms with Gasteiger partial charge in [0.25, 0.3) is 10.0 Å². The number of methoxy groups -OCH3 is 1. The minimum atomic E-state index is -4.31. The highest BCUT2D eigenvalue weighted by molar-refractivity contribution is 7.92. The number of hydrogen-bond acceptors (Lipinski definition) is 5. The number of halogens is 2. The average molecular weight is 669 g/mol. The van der Waals surface area contributed by atoms with E-state index in [9.17, 15) is 18.0 Å². The van der Waals surface area contributed by atoms with Crippen molar-refractivity contribution in [3.63, 3.8) is 0 Å². The first-order valence-corrected chi connectivity index (χ1v) is 16.5. The highest BCUT2D eigenvalue weighted by Gasteiger charge is 2.35. The van der Waals surface area contributed by atoms with Gasteiger partial charge in [0.1, 0.15) is 18.3 Å². The second-order valence-electron chi connectivity index (χ2n) is 10.6. The zero-order valence-electron chi connectivity index (χ0n) is 25.2. The highest BCUT2D eigenvalue weighted by atomic mass is 35.5. The van der Waals surface area contributed by atoms with Gasteiger partial charge in [-0.05, 0) is 61.4 Å². The maximum absolute atomic E-state index is 14.5. The van der Waals surface area contributed by atoms with Gasteiger partial charge in [-0.15, -0.1) is 0 Å². The number of nitrogens with one attached hydrogen (secondary N) is 1. The number of carbonyl (C=O) groups is 2. The third-order valence-corrected chi connectivity index (χ3v) is 9.58. The van der Waals surface area contributed by atoms with Crippen molar-refractivity contribution in [3.05, 3.63) is 124 Å². The predicted molar refractivity (Wildman–Crippen MR) is 178 cm³/mol. The molecule has 2 amide bonds. The maximum Gasteiger partial charge on any atom is 0.264 e. The van der Waals surface area contributed by atoms with Crippen molar-refractivity contribution in [2.45, 2.75) is 43.8 Å². The van der Waals surface area contributed by atoms with Gasteiger partial charge in [-0.2, -0.15) is 0 Å². The van der Waals surface area contributed by atoms with Gasteiger partial charge >= 0.3 is 0 Å². The van der Waals surface area contributed by atoms with Gasteiger partial charge < -0.3 is 15.0 Å². The summed E-state index contributed by atoms with van der Waals surface area (Å²) in [6.07, 6.45) is 0.193. The molecule has 0 fully saturated rings. The second kappa shape index (κ2) is 15.3. The predicted octanol–water partition coefficient (Wildman–Crippen LogP) is 6.36. The Morgan fingerprint density at radius 1 is 0.844 bits per heavy atom. The summed E-state index contributed by atoms with van der Waals surface area (Å²) >= 11 is 12.9. The molecule has 1 N–H and O–H groups in total. The molecule has 0 aromatic heterocycles. The smallest absolute Gasteiger partial charge is 0.264 e. The van der Waals surface area contributed by atoms with E-state index in [0.717, 1.165) is 9.87 Å². The van der Waals surface area contributed by atoms with Gasteiger partial charge in [0.05, 0.1) is 27.7 Å². The van der Waals surface area contributed by atoms with Crippen LogP contribution in [0.4, 0.5) is 5.69 Å². The van der Waals surface area contributed by atoms with E-state index in [0.29, 0.717) is 11.3 Å². The lowest BCUT2D eigenvalue weighted by Gasteiger charge is -2.34. The van der Waals surface area contributed by atoms with Crippen LogP contribution in [-0.4, -0.2) is 50.9 Å². The Morgan fingerprint density at radius 3 is 2.11 bits per heavy atom. The number of nitrogens with zero attached hydrogens (tertiary/aromatic N) is 2. The largest absolute Gasteiger partial charge is 0.497 e. The summed E-state index contributed by atoms with van der Waals surface area (Å²) in [6, 6.07) is 27.6. The number of amides is 2. The van der Waals surface area contributed by atoms with Crippen molar-refractivity contribution in [1.82, 2.24) is 10.2 Å². The molecule has 4 aromatic rings. The molecule has 4 aromatic carbocycles. The summed E-state index contributed by atoms with van der Waals surface area (Å²) in [5.41, 5.74) is 1.56. The molecule has 0 aliphatic rings. The molecule has 0 saturated carbocycles. The van der Waals surface area contributed by atoms with Crippen molar-refractivity contribution in [2.24, 2.45) is 0 Å². The molecule has 0 aliphatic heterocycles. The van der Waals surface area contributed by atoms with Gasteiger partial charge in [-0.25, -0.2) is 8.42 Å². The van der Waals surface area contributed by atoms with Crippen LogP contribution < -0.4 is 14.4 Å². The molecule has 45 heavy (non-hydrogen) atoms. The Kier molecular flexibility index (Phi) is 11.5. The van der Waals surface area contributed by atoms with E-state index in [1.165, 1.54) is 36.3 Å². The molecular weight excluding hydrogens is 633 g/mol. The molecule has 4 rings (SSSR count). The first-order chi connectivity index (χ1) is 21.5. The van der Waals surface area contributed by atoms with Crippen LogP contribution in [0.2, 0.25) is 10.0 Å². The van der Waals surface area contributed by atoms with E-state index in [2.05, 4.69) is 5.32 Å². The quantitative estimate of drug-likeness (QED) is 0.179. The molecule has 0 bridgehead atoms. The zero-order valence-corrected chi connectivity index (χ0v) is 27.5. The summed E-state index contributed by atoms with van der Waals surface area (Å²) in [5.74, 6) is -0.415. The molecule has 0 aliphatic carbocycles. The van der Waals surface area contributed by atoms with Crippen LogP contribution in [0, 0.1) is 0 Å². The number of anilines is 1.